The SMILES string of the molecule is O=C1NC(=S)N/C1=C\c1cc2c(cc1[N+](=O)[O-])OCO2. The van der Waals surface area contributed by atoms with Gasteiger partial charge in [0.05, 0.1) is 16.6 Å². The van der Waals surface area contributed by atoms with Gasteiger partial charge in [0.1, 0.15) is 5.70 Å². The lowest BCUT2D eigenvalue weighted by Gasteiger charge is -2.02. The van der Waals surface area contributed by atoms with Crippen molar-refractivity contribution in [1.29, 1.82) is 0 Å². The summed E-state index contributed by atoms with van der Waals surface area (Å²) in [6.07, 6.45) is 1.34. The predicted octanol–water partition coefficient (Wildman–Crippen LogP) is 0.669. The van der Waals surface area contributed by atoms with Crippen LogP contribution in [0.15, 0.2) is 17.8 Å². The minimum absolute atomic E-state index is 0.00926. The maximum absolute atomic E-state index is 11.5. The monoisotopic (exact) mass is 293 g/mol. The number of thiocarbonyl (C=S) groups is 1. The van der Waals surface area contributed by atoms with Crippen LogP contribution in [-0.2, 0) is 4.79 Å². The molecule has 1 amide bonds. The Morgan fingerprint density at radius 2 is 2.00 bits per heavy atom. The van der Waals surface area contributed by atoms with E-state index in [0.29, 0.717) is 11.5 Å². The van der Waals surface area contributed by atoms with E-state index in [1.165, 1.54) is 18.2 Å². The molecule has 20 heavy (non-hydrogen) atoms. The van der Waals surface area contributed by atoms with Crippen LogP contribution in [0.4, 0.5) is 5.69 Å². The zero-order valence-corrected chi connectivity index (χ0v) is 10.7. The van der Waals surface area contributed by atoms with Crippen LogP contribution in [0.3, 0.4) is 0 Å². The first kappa shape index (κ1) is 12.4. The molecule has 0 radical (unpaired) electrons. The van der Waals surface area contributed by atoms with E-state index in [4.69, 9.17) is 21.7 Å². The highest BCUT2D eigenvalue weighted by Crippen LogP contribution is 2.38. The molecular weight excluding hydrogens is 286 g/mol. The van der Waals surface area contributed by atoms with E-state index in [0.717, 1.165) is 0 Å². The lowest BCUT2D eigenvalue weighted by atomic mass is 10.1. The number of nitrogens with one attached hydrogen (secondary N) is 2. The van der Waals surface area contributed by atoms with E-state index in [2.05, 4.69) is 10.6 Å². The molecule has 0 spiro atoms. The third-order valence-electron chi connectivity index (χ3n) is 2.74. The molecule has 0 atom stereocenters. The van der Waals surface area contributed by atoms with Crippen molar-refractivity contribution in [1.82, 2.24) is 10.6 Å². The fourth-order valence-corrected chi connectivity index (χ4v) is 2.06. The second kappa shape index (κ2) is 4.46. The van der Waals surface area contributed by atoms with Crippen LogP contribution in [0.1, 0.15) is 5.56 Å². The second-order valence-electron chi connectivity index (χ2n) is 3.99. The summed E-state index contributed by atoms with van der Waals surface area (Å²) in [4.78, 5) is 22.1. The average molecular weight is 293 g/mol. The minimum Gasteiger partial charge on any atom is -0.454 e. The first-order chi connectivity index (χ1) is 9.54. The molecule has 0 bridgehead atoms. The van der Waals surface area contributed by atoms with Gasteiger partial charge in [0.15, 0.2) is 16.6 Å². The van der Waals surface area contributed by atoms with E-state index < -0.39 is 10.8 Å². The Morgan fingerprint density at radius 1 is 1.30 bits per heavy atom. The van der Waals surface area contributed by atoms with Gasteiger partial charge in [-0.15, -0.1) is 0 Å². The molecule has 102 valence electrons. The van der Waals surface area contributed by atoms with Crippen LogP contribution in [-0.4, -0.2) is 22.7 Å². The summed E-state index contributed by atoms with van der Waals surface area (Å²) in [6.45, 7) is 0.00926. The highest BCUT2D eigenvalue weighted by atomic mass is 32.1. The summed E-state index contributed by atoms with van der Waals surface area (Å²) >= 11 is 4.79. The van der Waals surface area contributed by atoms with Gasteiger partial charge < -0.3 is 14.8 Å². The van der Waals surface area contributed by atoms with E-state index in [1.807, 2.05) is 0 Å². The normalized spacial score (nSPS) is 18.1. The van der Waals surface area contributed by atoms with Crippen molar-refractivity contribution in [3.8, 4) is 11.5 Å². The maximum Gasteiger partial charge on any atom is 0.280 e. The molecule has 2 heterocycles. The van der Waals surface area contributed by atoms with Crippen molar-refractivity contribution >= 4 is 35.0 Å². The van der Waals surface area contributed by atoms with Crippen molar-refractivity contribution in [3.05, 3.63) is 33.5 Å². The number of hydrogen-bond donors (Lipinski definition) is 2. The summed E-state index contributed by atoms with van der Waals surface area (Å²) in [5, 5.41) is 16.2. The molecule has 2 aliphatic heterocycles. The van der Waals surface area contributed by atoms with Gasteiger partial charge in [0.2, 0.25) is 6.79 Å². The van der Waals surface area contributed by atoms with Crippen LogP contribution in [0.5, 0.6) is 11.5 Å². The number of carbonyl (C=O) groups is 1. The standard InChI is InChI=1S/C11H7N3O5S/c15-10-6(12-11(20)13-10)1-5-2-8-9(19-4-18-8)3-7(5)14(16)17/h1-3H,4H2,(H2,12,13,15,20)/b6-1-. The molecule has 3 rings (SSSR count). The molecule has 0 aromatic heterocycles. The number of carbonyl (C=O) groups excluding carboxylic acids is 1. The number of hydrogen-bond acceptors (Lipinski definition) is 6. The number of benzene rings is 1. The number of rotatable bonds is 2. The summed E-state index contributed by atoms with van der Waals surface area (Å²) in [6, 6.07) is 2.71. The third kappa shape index (κ3) is 2.03. The first-order valence-corrected chi connectivity index (χ1v) is 5.87. The smallest absolute Gasteiger partial charge is 0.280 e. The fraction of sp³-hybridized carbons (Fsp3) is 0.0909. The third-order valence-corrected chi connectivity index (χ3v) is 2.94. The second-order valence-corrected chi connectivity index (χ2v) is 4.40. The zero-order chi connectivity index (χ0) is 14.3. The molecule has 2 N–H and O–H groups in total. The first-order valence-electron chi connectivity index (χ1n) is 5.46. The molecule has 8 nitrogen and oxygen atoms in total. The Bertz CT molecular complexity index is 685. The minimum atomic E-state index is -0.556. The van der Waals surface area contributed by atoms with E-state index in [-0.39, 0.29) is 28.9 Å². The molecule has 1 aromatic rings. The number of nitro groups is 1. The van der Waals surface area contributed by atoms with Crippen LogP contribution in [0.2, 0.25) is 0 Å². The number of ether oxygens (including phenoxy) is 2. The van der Waals surface area contributed by atoms with Gasteiger partial charge in [-0.3, -0.25) is 20.2 Å². The van der Waals surface area contributed by atoms with Crippen molar-refractivity contribution < 1.29 is 19.2 Å². The predicted molar refractivity (Wildman–Crippen MR) is 71.1 cm³/mol. The van der Waals surface area contributed by atoms with Crippen LogP contribution < -0.4 is 20.1 Å². The molecule has 9 heteroatoms. The highest BCUT2D eigenvalue weighted by Gasteiger charge is 2.25. The van der Waals surface area contributed by atoms with Gasteiger partial charge in [0, 0.05) is 0 Å². The molecule has 1 saturated heterocycles. The molecule has 0 saturated carbocycles. The average Bonchev–Trinajstić information content (AvgIpc) is 2.94. The van der Waals surface area contributed by atoms with Crippen LogP contribution in [0.25, 0.3) is 6.08 Å². The number of fused-ring (bicyclic) bond motifs is 1. The summed E-state index contributed by atoms with van der Waals surface area (Å²) < 4.78 is 10.3. The van der Waals surface area contributed by atoms with E-state index in [1.54, 1.807) is 0 Å². The van der Waals surface area contributed by atoms with Crippen molar-refractivity contribution in [2.24, 2.45) is 0 Å². The number of nitrogens with zero attached hydrogens (tertiary/aromatic N) is 1. The number of amides is 1. The molecule has 1 aromatic carbocycles. The Hall–Kier alpha value is -2.68. The molecular formula is C11H7N3O5S. The summed E-state index contributed by atoms with van der Waals surface area (Å²) in [7, 11) is 0. The fourth-order valence-electron chi connectivity index (χ4n) is 1.86. The van der Waals surface area contributed by atoms with Gasteiger partial charge >= 0.3 is 0 Å². The van der Waals surface area contributed by atoms with Gasteiger partial charge in [-0.25, -0.2) is 0 Å². The number of nitro benzene ring substituents is 1. The van der Waals surface area contributed by atoms with Gasteiger partial charge in [-0.1, -0.05) is 0 Å². The topological polar surface area (TPSA) is 103 Å². The van der Waals surface area contributed by atoms with E-state index >= 15 is 0 Å². The highest BCUT2D eigenvalue weighted by molar-refractivity contribution is 7.80. The molecule has 0 unspecified atom stereocenters. The molecule has 0 aliphatic carbocycles. The Kier molecular flexibility index (Phi) is 2.75. The summed E-state index contributed by atoms with van der Waals surface area (Å²) in [5.41, 5.74) is 0.174. The Morgan fingerprint density at radius 3 is 2.60 bits per heavy atom. The Labute approximate surface area is 117 Å². The van der Waals surface area contributed by atoms with Crippen LogP contribution in [0, 0.1) is 10.1 Å². The molecule has 2 aliphatic rings. The van der Waals surface area contributed by atoms with Gasteiger partial charge in [-0.2, -0.15) is 0 Å². The largest absolute Gasteiger partial charge is 0.454 e. The maximum atomic E-state index is 11.5. The summed E-state index contributed by atoms with van der Waals surface area (Å²) in [5.74, 6) is 0.253. The lowest BCUT2D eigenvalue weighted by molar-refractivity contribution is -0.385. The Balaban J connectivity index is 2.09. The van der Waals surface area contributed by atoms with Crippen LogP contribution >= 0.6 is 12.2 Å². The quantitative estimate of drug-likeness (QED) is 0.357. The van der Waals surface area contributed by atoms with Crippen molar-refractivity contribution in [3.63, 3.8) is 0 Å². The zero-order valence-electron chi connectivity index (χ0n) is 9.84. The molecule has 1 fully saturated rings. The van der Waals surface area contributed by atoms with Crippen molar-refractivity contribution in [2.75, 3.05) is 6.79 Å². The van der Waals surface area contributed by atoms with Gasteiger partial charge in [-0.05, 0) is 24.4 Å². The lowest BCUT2D eigenvalue weighted by Crippen LogP contribution is -2.21. The van der Waals surface area contributed by atoms with Crippen molar-refractivity contribution in [2.45, 2.75) is 0 Å². The van der Waals surface area contributed by atoms with Gasteiger partial charge in [0.25, 0.3) is 11.6 Å². The van der Waals surface area contributed by atoms with E-state index in [9.17, 15) is 14.9 Å².